The first-order valence-electron chi connectivity index (χ1n) is 6.52. The number of amides is 1. The van der Waals surface area contributed by atoms with Crippen molar-refractivity contribution in [2.75, 3.05) is 12.4 Å². The van der Waals surface area contributed by atoms with Gasteiger partial charge in [0, 0.05) is 24.8 Å². The highest BCUT2D eigenvalue weighted by Crippen LogP contribution is 2.18. The molecule has 0 atom stereocenters. The average Bonchev–Trinajstić information content (AvgIpc) is 2.49. The summed E-state index contributed by atoms with van der Waals surface area (Å²) in [7, 11) is 1.57. The highest BCUT2D eigenvalue weighted by molar-refractivity contribution is 5.95. The average molecular weight is 290 g/mol. The Morgan fingerprint density at radius 1 is 1.10 bits per heavy atom. The van der Waals surface area contributed by atoms with Gasteiger partial charge in [0.05, 0.1) is 0 Å². The van der Waals surface area contributed by atoms with Crippen LogP contribution in [0.4, 0.5) is 14.5 Å². The van der Waals surface area contributed by atoms with E-state index in [2.05, 4.69) is 10.6 Å². The number of anilines is 1. The van der Waals surface area contributed by atoms with Crippen LogP contribution in [0.15, 0.2) is 36.4 Å². The maximum absolute atomic E-state index is 13.1. The number of aryl methyl sites for hydroxylation is 1. The van der Waals surface area contributed by atoms with Crippen LogP contribution in [0.25, 0.3) is 0 Å². The number of halogens is 2. The molecular weight excluding hydrogens is 274 g/mol. The van der Waals surface area contributed by atoms with Crippen LogP contribution < -0.4 is 10.6 Å². The third kappa shape index (κ3) is 3.56. The number of carbonyl (C=O) groups is 1. The quantitative estimate of drug-likeness (QED) is 0.907. The highest BCUT2D eigenvalue weighted by atomic mass is 19.2. The van der Waals surface area contributed by atoms with Crippen molar-refractivity contribution in [3.8, 4) is 0 Å². The lowest BCUT2D eigenvalue weighted by molar-refractivity contribution is 0.0963. The van der Waals surface area contributed by atoms with Crippen LogP contribution in [-0.2, 0) is 6.54 Å². The second-order valence-electron chi connectivity index (χ2n) is 4.71. The zero-order valence-corrected chi connectivity index (χ0v) is 11.8. The second kappa shape index (κ2) is 6.35. The van der Waals surface area contributed by atoms with Crippen LogP contribution in [0.2, 0.25) is 0 Å². The Balaban J connectivity index is 2.15. The maximum Gasteiger partial charge on any atom is 0.251 e. The molecule has 21 heavy (non-hydrogen) atoms. The summed E-state index contributed by atoms with van der Waals surface area (Å²) in [5, 5.41) is 5.68. The first-order chi connectivity index (χ1) is 10.0. The van der Waals surface area contributed by atoms with E-state index in [1.54, 1.807) is 19.2 Å². The fraction of sp³-hybridized carbons (Fsp3) is 0.188. The topological polar surface area (TPSA) is 41.1 Å². The van der Waals surface area contributed by atoms with Gasteiger partial charge in [0.15, 0.2) is 11.6 Å². The molecular formula is C16H16F2N2O. The molecule has 0 saturated heterocycles. The van der Waals surface area contributed by atoms with Gasteiger partial charge in [-0.2, -0.15) is 0 Å². The lowest BCUT2D eigenvalue weighted by Gasteiger charge is -2.11. The Morgan fingerprint density at radius 3 is 2.52 bits per heavy atom. The molecule has 5 heteroatoms. The van der Waals surface area contributed by atoms with Gasteiger partial charge < -0.3 is 10.6 Å². The summed E-state index contributed by atoms with van der Waals surface area (Å²) in [6.07, 6.45) is 0. The van der Waals surface area contributed by atoms with Crippen molar-refractivity contribution in [1.29, 1.82) is 0 Å². The molecule has 2 aromatic rings. The molecule has 1 amide bonds. The predicted octanol–water partition coefficient (Wildman–Crippen LogP) is 3.24. The van der Waals surface area contributed by atoms with Crippen molar-refractivity contribution < 1.29 is 13.6 Å². The van der Waals surface area contributed by atoms with Crippen molar-refractivity contribution in [2.24, 2.45) is 0 Å². The Labute approximate surface area is 122 Å². The second-order valence-corrected chi connectivity index (χ2v) is 4.71. The van der Waals surface area contributed by atoms with Gasteiger partial charge in [-0.25, -0.2) is 8.78 Å². The van der Waals surface area contributed by atoms with E-state index in [4.69, 9.17) is 0 Å². The zero-order valence-electron chi connectivity index (χ0n) is 11.8. The lowest BCUT2D eigenvalue weighted by atomic mass is 10.1. The lowest BCUT2D eigenvalue weighted by Crippen LogP contribution is -2.18. The summed E-state index contributed by atoms with van der Waals surface area (Å²) < 4.78 is 26.0. The fourth-order valence-corrected chi connectivity index (χ4v) is 1.94. The Kier molecular flexibility index (Phi) is 4.52. The molecule has 0 bridgehead atoms. The minimum atomic E-state index is -0.870. The number of nitrogens with one attached hydrogen (secondary N) is 2. The third-order valence-electron chi connectivity index (χ3n) is 3.19. The number of hydrogen-bond donors (Lipinski definition) is 2. The molecule has 2 N–H and O–H groups in total. The molecule has 0 unspecified atom stereocenters. The van der Waals surface area contributed by atoms with E-state index in [1.807, 2.05) is 13.0 Å². The molecule has 0 aliphatic rings. The molecule has 0 radical (unpaired) electrons. The van der Waals surface area contributed by atoms with Crippen molar-refractivity contribution in [3.05, 3.63) is 64.7 Å². The molecule has 0 saturated carbocycles. The summed E-state index contributed by atoms with van der Waals surface area (Å²) in [6.45, 7) is 2.25. The summed E-state index contributed by atoms with van der Waals surface area (Å²) in [4.78, 5) is 11.6. The van der Waals surface area contributed by atoms with E-state index in [9.17, 15) is 13.6 Å². The Morgan fingerprint density at radius 2 is 1.86 bits per heavy atom. The van der Waals surface area contributed by atoms with Crippen LogP contribution in [-0.4, -0.2) is 13.0 Å². The van der Waals surface area contributed by atoms with Crippen LogP contribution >= 0.6 is 0 Å². The molecule has 0 heterocycles. The van der Waals surface area contributed by atoms with Gasteiger partial charge >= 0.3 is 0 Å². The third-order valence-corrected chi connectivity index (χ3v) is 3.19. The van der Waals surface area contributed by atoms with Crippen molar-refractivity contribution in [3.63, 3.8) is 0 Å². The van der Waals surface area contributed by atoms with Gasteiger partial charge in [0.25, 0.3) is 5.91 Å². The molecule has 2 aromatic carbocycles. The van der Waals surface area contributed by atoms with Crippen LogP contribution in [0.3, 0.4) is 0 Å². The summed E-state index contributed by atoms with van der Waals surface area (Å²) in [6, 6.07) is 9.06. The van der Waals surface area contributed by atoms with Gasteiger partial charge in [-0.1, -0.05) is 12.1 Å². The molecule has 0 aliphatic carbocycles. The van der Waals surface area contributed by atoms with Gasteiger partial charge in [-0.15, -0.1) is 0 Å². The van der Waals surface area contributed by atoms with E-state index in [1.165, 1.54) is 6.07 Å². The van der Waals surface area contributed by atoms with Crippen LogP contribution in [0.1, 0.15) is 21.5 Å². The monoisotopic (exact) mass is 290 g/mol. The molecule has 2 rings (SSSR count). The molecule has 110 valence electrons. The molecule has 0 aliphatic heterocycles. The highest BCUT2D eigenvalue weighted by Gasteiger charge is 2.07. The summed E-state index contributed by atoms with van der Waals surface area (Å²) in [5.74, 6) is -1.91. The fourth-order valence-electron chi connectivity index (χ4n) is 1.94. The number of rotatable bonds is 4. The Bertz CT molecular complexity index is 671. The number of hydrogen-bond acceptors (Lipinski definition) is 2. The largest absolute Gasteiger partial charge is 0.381 e. The first-order valence-corrected chi connectivity index (χ1v) is 6.52. The van der Waals surface area contributed by atoms with E-state index in [0.717, 1.165) is 23.4 Å². The van der Waals surface area contributed by atoms with Crippen LogP contribution in [0.5, 0.6) is 0 Å². The standard InChI is InChI=1S/C16H16F2N2O/c1-10-3-5-12(16(21)19-2)8-15(10)20-9-11-4-6-13(17)14(18)7-11/h3-8,20H,9H2,1-2H3,(H,19,21). The maximum atomic E-state index is 13.1. The van der Waals surface area contributed by atoms with Crippen molar-refractivity contribution in [1.82, 2.24) is 5.32 Å². The predicted molar refractivity (Wildman–Crippen MR) is 78.3 cm³/mol. The smallest absolute Gasteiger partial charge is 0.251 e. The summed E-state index contributed by atoms with van der Waals surface area (Å²) in [5.41, 5.74) is 2.90. The molecule has 0 aromatic heterocycles. The van der Waals surface area contributed by atoms with Crippen LogP contribution in [0, 0.1) is 18.6 Å². The molecule has 0 fully saturated rings. The number of benzene rings is 2. The van der Waals surface area contributed by atoms with Gasteiger partial charge in [-0.3, -0.25) is 4.79 Å². The van der Waals surface area contributed by atoms with Gasteiger partial charge in [0.2, 0.25) is 0 Å². The Hall–Kier alpha value is -2.43. The van der Waals surface area contributed by atoms with Crippen molar-refractivity contribution >= 4 is 11.6 Å². The molecule has 0 spiro atoms. The molecule has 3 nitrogen and oxygen atoms in total. The number of carbonyl (C=O) groups excluding carboxylic acids is 1. The van der Waals surface area contributed by atoms with E-state index >= 15 is 0 Å². The van der Waals surface area contributed by atoms with Gasteiger partial charge in [0.1, 0.15) is 0 Å². The zero-order chi connectivity index (χ0) is 15.4. The minimum absolute atomic E-state index is 0.175. The van der Waals surface area contributed by atoms with E-state index in [0.29, 0.717) is 17.7 Å². The van der Waals surface area contributed by atoms with E-state index < -0.39 is 11.6 Å². The minimum Gasteiger partial charge on any atom is -0.381 e. The van der Waals surface area contributed by atoms with E-state index in [-0.39, 0.29) is 5.91 Å². The summed E-state index contributed by atoms with van der Waals surface area (Å²) >= 11 is 0. The normalized spacial score (nSPS) is 10.3. The van der Waals surface area contributed by atoms with Crippen molar-refractivity contribution in [2.45, 2.75) is 13.5 Å². The SMILES string of the molecule is CNC(=O)c1ccc(C)c(NCc2ccc(F)c(F)c2)c1. The first kappa shape index (κ1) is 15.0. The van der Waals surface area contributed by atoms with Gasteiger partial charge in [-0.05, 0) is 42.3 Å².